The quantitative estimate of drug-likeness (QED) is 0.808. The molecule has 0 spiro atoms. The van der Waals surface area contributed by atoms with Crippen LogP contribution < -0.4 is 4.90 Å². The van der Waals surface area contributed by atoms with Crippen molar-refractivity contribution in [2.24, 2.45) is 0 Å². The maximum atomic E-state index is 6.26. The zero-order chi connectivity index (χ0) is 11.5. The maximum Gasteiger partial charge on any atom is 0.129 e. The molecule has 16 heavy (non-hydrogen) atoms. The normalized spacial score (nSPS) is 16.7. The molecule has 1 aliphatic rings. The minimum absolute atomic E-state index is 0.825. The Morgan fingerprint density at radius 3 is 2.62 bits per heavy atom. The first-order valence-electron chi connectivity index (χ1n) is 5.71. The van der Waals surface area contributed by atoms with Crippen LogP contribution in [0.25, 0.3) is 0 Å². The molecular formula is C12H18ClN3. The summed E-state index contributed by atoms with van der Waals surface area (Å²) < 4.78 is 0. The maximum absolute atomic E-state index is 6.26. The van der Waals surface area contributed by atoms with Crippen molar-refractivity contribution in [3.63, 3.8) is 0 Å². The average molecular weight is 240 g/mol. The van der Waals surface area contributed by atoms with E-state index in [9.17, 15) is 0 Å². The topological polar surface area (TPSA) is 19.4 Å². The summed E-state index contributed by atoms with van der Waals surface area (Å²) in [5.41, 5.74) is 1.13. The highest BCUT2D eigenvalue weighted by Crippen LogP contribution is 2.22. The molecule has 1 fully saturated rings. The second-order valence-corrected chi connectivity index (χ2v) is 4.92. The molecule has 88 valence electrons. The first-order chi connectivity index (χ1) is 7.66. The van der Waals surface area contributed by atoms with Gasteiger partial charge in [0.2, 0.25) is 0 Å². The fraction of sp³-hybridized carbons (Fsp3) is 0.583. The fourth-order valence-corrected chi connectivity index (χ4v) is 2.20. The Bertz CT molecular complexity index is 359. The monoisotopic (exact) mass is 239 g/mol. The number of rotatable bonds is 3. The first-order valence-corrected chi connectivity index (χ1v) is 6.09. The van der Waals surface area contributed by atoms with Crippen LogP contribution in [0, 0.1) is 0 Å². The molecule has 1 aromatic heterocycles. The van der Waals surface area contributed by atoms with Crippen LogP contribution in [0.1, 0.15) is 18.4 Å². The lowest BCUT2D eigenvalue weighted by molar-refractivity contribution is 0.331. The molecule has 0 saturated carbocycles. The highest BCUT2D eigenvalue weighted by molar-refractivity contribution is 6.31. The third-order valence-electron chi connectivity index (χ3n) is 2.97. The largest absolute Gasteiger partial charge is 0.363 e. The van der Waals surface area contributed by atoms with Crippen LogP contribution in [0.5, 0.6) is 0 Å². The summed E-state index contributed by atoms with van der Waals surface area (Å²) in [5, 5.41) is 0.825. The molecule has 1 aliphatic heterocycles. The minimum atomic E-state index is 0.825. The van der Waals surface area contributed by atoms with E-state index in [0.29, 0.717) is 0 Å². The molecule has 3 nitrogen and oxygen atoms in total. The molecule has 4 heteroatoms. The van der Waals surface area contributed by atoms with Gasteiger partial charge in [-0.1, -0.05) is 11.6 Å². The van der Waals surface area contributed by atoms with Crippen LogP contribution in [-0.4, -0.2) is 37.1 Å². The van der Waals surface area contributed by atoms with Crippen molar-refractivity contribution in [1.29, 1.82) is 0 Å². The van der Waals surface area contributed by atoms with Crippen LogP contribution in [0.4, 0.5) is 5.82 Å². The fourth-order valence-electron chi connectivity index (χ4n) is 1.99. The van der Waals surface area contributed by atoms with Crippen LogP contribution >= 0.6 is 11.6 Å². The zero-order valence-electron chi connectivity index (χ0n) is 9.91. The molecule has 1 saturated heterocycles. The van der Waals surface area contributed by atoms with Gasteiger partial charge in [-0.2, -0.15) is 0 Å². The van der Waals surface area contributed by atoms with E-state index in [-0.39, 0.29) is 0 Å². The summed E-state index contributed by atoms with van der Waals surface area (Å²) in [5.74, 6) is 0.912. The van der Waals surface area contributed by atoms with E-state index in [1.165, 1.54) is 25.9 Å². The summed E-state index contributed by atoms with van der Waals surface area (Å²) in [4.78, 5) is 8.79. The molecule has 0 unspecified atom stereocenters. The summed E-state index contributed by atoms with van der Waals surface area (Å²) in [6.07, 6.45) is 4.51. The summed E-state index contributed by atoms with van der Waals surface area (Å²) in [7, 11) is 3.94. The van der Waals surface area contributed by atoms with Crippen LogP contribution in [-0.2, 0) is 6.54 Å². The van der Waals surface area contributed by atoms with Crippen LogP contribution in [0.2, 0.25) is 5.02 Å². The van der Waals surface area contributed by atoms with E-state index in [1.54, 1.807) is 0 Å². The van der Waals surface area contributed by atoms with E-state index in [2.05, 4.69) is 9.88 Å². The predicted molar refractivity (Wildman–Crippen MR) is 68.1 cm³/mol. The van der Waals surface area contributed by atoms with E-state index in [1.807, 2.05) is 31.3 Å². The molecule has 0 aromatic carbocycles. The third-order valence-corrected chi connectivity index (χ3v) is 3.32. The highest BCUT2D eigenvalue weighted by Gasteiger charge is 2.14. The highest BCUT2D eigenvalue weighted by atomic mass is 35.5. The van der Waals surface area contributed by atoms with Gasteiger partial charge in [-0.3, -0.25) is 4.90 Å². The molecule has 0 bridgehead atoms. The number of halogens is 1. The van der Waals surface area contributed by atoms with Gasteiger partial charge in [-0.25, -0.2) is 4.98 Å². The van der Waals surface area contributed by atoms with Crippen molar-refractivity contribution >= 4 is 17.4 Å². The van der Waals surface area contributed by atoms with Crippen molar-refractivity contribution in [3.05, 3.63) is 22.8 Å². The van der Waals surface area contributed by atoms with Gasteiger partial charge in [0.15, 0.2) is 0 Å². The van der Waals surface area contributed by atoms with Gasteiger partial charge in [0.05, 0.1) is 5.02 Å². The van der Waals surface area contributed by atoms with Gasteiger partial charge in [-0.05, 0) is 32.0 Å². The van der Waals surface area contributed by atoms with Crippen molar-refractivity contribution in [1.82, 2.24) is 9.88 Å². The number of aromatic nitrogens is 1. The zero-order valence-corrected chi connectivity index (χ0v) is 10.7. The van der Waals surface area contributed by atoms with Crippen LogP contribution in [0.3, 0.4) is 0 Å². The second-order valence-electron chi connectivity index (χ2n) is 4.51. The Balaban J connectivity index is 2.09. The van der Waals surface area contributed by atoms with Gasteiger partial charge < -0.3 is 4.90 Å². The Labute approximate surface area is 102 Å². The standard InChI is InChI=1S/C12H18ClN3/c1-15(2)12-7-11(13)10(8-14-12)9-16-5-3-4-6-16/h7-8H,3-6,9H2,1-2H3. The Hall–Kier alpha value is -0.800. The molecule has 2 rings (SSSR count). The van der Waals surface area contributed by atoms with Crippen molar-refractivity contribution in [3.8, 4) is 0 Å². The summed E-state index contributed by atoms with van der Waals surface area (Å²) in [6.45, 7) is 3.30. The van der Waals surface area contributed by atoms with Crippen molar-refractivity contribution < 1.29 is 0 Å². The molecular weight excluding hydrogens is 222 g/mol. The van der Waals surface area contributed by atoms with E-state index >= 15 is 0 Å². The lowest BCUT2D eigenvalue weighted by atomic mass is 10.2. The smallest absolute Gasteiger partial charge is 0.129 e. The first kappa shape index (κ1) is 11.7. The van der Waals surface area contributed by atoms with Gasteiger partial charge in [-0.15, -0.1) is 0 Å². The number of hydrogen-bond acceptors (Lipinski definition) is 3. The van der Waals surface area contributed by atoms with Crippen molar-refractivity contribution in [2.75, 3.05) is 32.1 Å². The average Bonchev–Trinajstić information content (AvgIpc) is 2.73. The number of anilines is 1. The molecule has 0 N–H and O–H groups in total. The summed E-state index contributed by atoms with van der Waals surface area (Å²) >= 11 is 6.26. The number of nitrogens with zero attached hydrogens (tertiary/aromatic N) is 3. The lowest BCUT2D eigenvalue weighted by Crippen LogP contribution is -2.19. The van der Waals surface area contributed by atoms with Gasteiger partial charge in [0, 0.05) is 32.4 Å². The number of likely N-dealkylation sites (tertiary alicyclic amines) is 1. The van der Waals surface area contributed by atoms with E-state index in [4.69, 9.17) is 11.6 Å². The predicted octanol–water partition coefficient (Wildman–Crippen LogP) is 2.40. The number of pyridine rings is 1. The Kier molecular flexibility index (Phi) is 3.66. The van der Waals surface area contributed by atoms with Gasteiger partial charge in [0.25, 0.3) is 0 Å². The number of hydrogen-bond donors (Lipinski definition) is 0. The SMILES string of the molecule is CN(C)c1cc(Cl)c(CN2CCCC2)cn1. The van der Waals surface area contributed by atoms with Gasteiger partial charge in [0.1, 0.15) is 5.82 Å². The lowest BCUT2D eigenvalue weighted by Gasteiger charge is -2.17. The minimum Gasteiger partial charge on any atom is -0.363 e. The molecule has 2 heterocycles. The second kappa shape index (κ2) is 5.02. The van der Waals surface area contributed by atoms with Crippen LogP contribution in [0.15, 0.2) is 12.3 Å². The molecule has 0 aliphatic carbocycles. The van der Waals surface area contributed by atoms with E-state index < -0.39 is 0 Å². The van der Waals surface area contributed by atoms with Gasteiger partial charge >= 0.3 is 0 Å². The molecule has 0 amide bonds. The molecule has 0 radical (unpaired) electrons. The Morgan fingerprint density at radius 1 is 1.38 bits per heavy atom. The molecule has 1 aromatic rings. The molecule has 0 atom stereocenters. The summed E-state index contributed by atoms with van der Waals surface area (Å²) in [6, 6.07) is 1.94. The van der Waals surface area contributed by atoms with Crippen molar-refractivity contribution in [2.45, 2.75) is 19.4 Å². The van der Waals surface area contributed by atoms with E-state index in [0.717, 1.165) is 22.9 Å². The Morgan fingerprint density at radius 2 is 2.06 bits per heavy atom. The third kappa shape index (κ3) is 2.66.